The predicted octanol–water partition coefficient (Wildman–Crippen LogP) is 3.33. The smallest absolute Gasteiger partial charge is 0.243 e. The van der Waals surface area contributed by atoms with Crippen molar-refractivity contribution in [1.29, 1.82) is 0 Å². The van der Waals surface area contributed by atoms with Gasteiger partial charge in [0.15, 0.2) is 9.84 Å². The van der Waals surface area contributed by atoms with Crippen LogP contribution in [0.25, 0.3) is 0 Å². The maximum Gasteiger partial charge on any atom is 0.243 e. The molecule has 15 heteroatoms. The molecule has 5 atom stereocenters. The van der Waals surface area contributed by atoms with Crippen LogP contribution in [0, 0.1) is 11.8 Å². The van der Waals surface area contributed by atoms with E-state index in [0.29, 0.717) is 25.0 Å². The number of benzene rings is 1. The Kier molecular flexibility index (Phi) is 15.9. The van der Waals surface area contributed by atoms with Crippen LogP contribution in [0.4, 0.5) is 0 Å². The number of aliphatic hydroxyl groups is 2. The largest absolute Gasteiger partial charge is 0.392 e. The van der Waals surface area contributed by atoms with Gasteiger partial charge in [-0.2, -0.15) is 0 Å². The summed E-state index contributed by atoms with van der Waals surface area (Å²) >= 11 is 0. The van der Waals surface area contributed by atoms with Gasteiger partial charge in [-0.05, 0) is 57.9 Å². The van der Waals surface area contributed by atoms with Crippen molar-refractivity contribution < 1.29 is 36.6 Å². The molecule has 1 aromatic heterocycles. The van der Waals surface area contributed by atoms with Crippen LogP contribution in [0.3, 0.4) is 0 Å². The number of imidazole rings is 1. The highest BCUT2D eigenvalue weighted by molar-refractivity contribution is 7.92. The molecule has 1 aromatic carbocycles. The van der Waals surface area contributed by atoms with Crippen LogP contribution in [0.1, 0.15) is 109 Å². The summed E-state index contributed by atoms with van der Waals surface area (Å²) in [7, 11) is -7.34. The van der Waals surface area contributed by atoms with Gasteiger partial charge in [-0.15, -0.1) is 0 Å². The number of H-pyrrole nitrogens is 1. The number of aromatic nitrogens is 2. The highest BCUT2D eigenvalue weighted by atomic mass is 32.2. The molecule has 0 bridgehead atoms. The van der Waals surface area contributed by atoms with Crippen LogP contribution >= 0.6 is 0 Å². The Morgan fingerprint density at radius 1 is 0.887 bits per heavy atom. The Balaban J connectivity index is 1.51. The molecule has 2 aliphatic carbocycles. The van der Waals surface area contributed by atoms with Crippen molar-refractivity contribution in [2.75, 3.05) is 12.3 Å². The molecule has 6 N–H and O–H groups in total. The topological polar surface area (TPSA) is 208 Å². The monoisotopic (exact) mass is 779 g/mol. The standard InChI is InChI=1S/C38H61N5O8S2/c1-38(2,3)52(48,49)25-29(19-27-13-7-4-8-14-27)36(46)43-34(21-30-23-39-26-40-30)37(47)42-33(20-28-15-9-5-10-16-28)35(45)22-31(44)24-41-53(50,51)32-17-11-6-12-18-32/h4,7-8,13-14,23,26,28-29,31-35,41,44-45H,5-6,9-12,15-22,24-25H2,1-3H3,(H,39,40)(H,42,47)(H,43,46)/t29?,31-,33+,34?,35+/m1/s1. The van der Waals surface area contributed by atoms with E-state index in [4.69, 9.17) is 0 Å². The quantitative estimate of drug-likeness (QED) is 0.124. The molecule has 2 aliphatic rings. The third-order valence-electron chi connectivity index (χ3n) is 10.8. The van der Waals surface area contributed by atoms with Crippen molar-refractivity contribution >= 4 is 31.7 Å². The number of amides is 2. The molecule has 53 heavy (non-hydrogen) atoms. The second kappa shape index (κ2) is 19.7. The van der Waals surface area contributed by atoms with E-state index < -0.39 is 77.6 Å². The number of carbonyl (C=O) groups excluding carboxylic acids is 2. The van der Waals surface area contributed by atoms with E-state index in [1.165, 1.54) is 12.5 Å². The molecule has 0 saturated heterocycles. The molecule has 2 fully saturated rings. The first kappa shape index (κ1) is 42.9. The van der Waals surface area contributed by atoms with Gasteiger partial charge in [-0.25, -0.2) is 26.5 Å². The summed E-state index contributed by atoms with van der Waals surface area (Å²) in [6, 6.07) is 7.18. The lowest BCUT2D eigenvalue weighted by atomic mass is 9.83. The number of sulfone groups is 1. The van der Waals surface area contributed by atoms with E-state index in [0.717, 1.165) is 56.9 Å². The number of nitrogens with zero attached hydrogens (tertiary/aromatic N) is 1. The molecular weight excluding hydrogens is 719 g/mol. The van der Waals surface area contributed by atoms with E-state index >= 15 is 0 Å². The Morgan fingerprint density at radius 2 is 1.53 bits per heavy atom. The Morgan fingerprint density at radius 3 is 2.13 bits per heavy atom. The third kappa shape index (κ3) is 13.4. The summed E-state index contributed by atoms with van der Waals surface area (Å²) < 4.78 is 53.9. The van der Waals surface area contributed by atoms with Gasteiger partial charge in [0.2, 0.25) is 21.8 Å². The number of hydrogen-bond acceptors (Lipinski definition) is 9. The van der Waals surface area contributed by atoms with Crippen molar-refractivity contribution in [2.24, 2.45) is 11.8 Å². The van der Waals surface area contributed by atoms with E-state index in [9.17, 15) is 36.6 Å². The van der Waals surface area contributed by atoms with Crippen LogP contribution in [-0.4, -0.2) is 95.4 Å². The van der Waals surface area contributed by atoms with Crippen LogP contribution in [0.15, 0.2) is 42.9 Å². The summed E-state index contributed by atoms with van der Waals surface area (Å²) in [5.74, 6) is -2.34. The molecule has 0 radical (unpaired) electrons. The Labute approximate surface area is 315 Å². The Hall–Kier alpha value is -2.85. The van der Waals surface area contributed by atoms with Crippen LogP contribution in [-0.2, 0) is 42.3 Å². The number of sulfonamides is 1. The zero-order valence-corrected chi connectivity index (χ0v) is 33.1. The average Bonchev–Trinajstić information content (AvgIpc) is 3.64. The minimum atomic E-state index is -3.72. The SMILES string of the molecule is CC(C)(C)S(=O)(=O)CC(Cc1ccccc1)C(=O)NC(Cc1cnc[nH]1)C(=O)N[C@@H](CC1CCCCC1)[C@@H](O)C[C@@H](O)CNS(=O)(=O)C1CCCCC1. The zero-order chi connectivity index (χ0) is 38.6. The number of carbonyl (C=O) groups is 2. The molecule has 4 rings (SSSR count). The van der Waals surface area contributed by atoms with E-state index in [1.54, 1.807) is 20.8 Å². The molecule has 298 valence electrons. The first-order chi connectivity index (χ1) is 25.0. The maximum absolute atomic E-state index is 14.2. The average molecular weight is 780 g/mol. The van der Waals surface area contributed by atoms with E-state index in [1.807, 2.05) is 30.3 Å². The van der Waals surface area contributed by atoms with E-state index in [-0.39, 0.29) is 31.7 Å². The lowest BCUT2D eigenvalue weighted by molar-refractivity contribution is -0.131. The van der Waals surface area contributed by atoms with Gasteiger partial charge in [0.25, 0.3) is 0 Å². The van der Waals surface area contributed by atoms with Crippen LogP contribution in [0.5, 0.6) is 0 Å². The molecule has 0 spiro atoms. The fourth-order valence-electron chi connectivity index (χ4n) is 7.37. The lowest BCUT2D eigenvalue weighted by Gasteiger charge is -2.32. The normalized spacial score (nSPS) is 19.5. The Bertz CT molecular complexity index is 1640. The van der Waals surface area contributed by atoms with Gasteiger partial charge in [0, 0.05) is 31.3 Å². The van der Waals surface area contributed by atoms with Crippen molar-refractivity contribution in [2.45, 2.75) is 145 Å². The van der Waals surface area contributed by atoms with Gasteiger partial charge in [0.1, 0.15) is 6.04 Å². The molecule has 2 saturated carbocycles. The highest BCUT2D eigenvalue weighted by Gasteiger charge is 2.37. The zero-order valence-electron chi connectivity index (χ0n) is 31.5. The molecular formula is C38H61N5O8S2. The van der Waals surface area contributed by atoms with Crippen molar-refractivity contribution in [3.63, 3.8) is 0 Å². The van der Waals surface area contributed by atoms with Gasteiger partial charge in [-0.1, -0.05) is 81.7 Å². The molecule has 0 aliphatic heterocycles. The molecule has 13 nitrogen and oxygen atoms in total. The lowest BCUT2D eigenvalue weighted by Crippen LogP contribution is -2.55. The van der Waals surface area contributed by atoms with Gasteiger partial charge in [0.05, 0.1) is 46.2 Å². The highest BCUT2D eigenvalue weighted by Crippen LogP contribution is 2.29. The molecule has 1 heterocycles. The van der Waals surface area contributed by atoms with Crippen LogP contribution in [0.2, 0.25) is 0 Å². The number of aromatic amines is 1. The summed E-state index contributed by atoms with van der Waals surface area (Å²) in [6.07, 6.45) is 9.95. The van der Waals surface area contributed by atoms with Crippen molar-refractivity contribution in [1.82, 2.24) is 25.3 Å². The summed E-state index contributed by atoms with van der Waals surface area (Å²) in [6.45, 7) is 4.52. The molecule has 2 unspecified atom stereocenters. The fraction of sp³-hybridized carbons (Fsp3) is 0.711. The third-order valence-corrected chi connectivity index (χ3v) is 15.4. The first-order valence-electron chi connectivity index (χ1n) is 19.2. The van der Waals surface area contributed by atoms with Crippen molar-refractivity contribution in [3.05, 3.63) is 54.1 Å². The number of aliphatic hydroxyl groups excluding tert-OH is 2. The minimum absolute atomic E-state index is 0.0272. The number of rotatable bonds is 19. The predicted molar refractivity (Wildman–Crippen MR) is 205 cm³/mol. The second-order valence-electron chi connectivity index (χ2n) is 16.1. The number of nitrogens with one attached hydrogen (secondary N) is 4. The van der Waals surface area contributed by atoms with Gasteiger partial charge >= 0.3 is 0 Å². The first-order valence-corrected chi connectivity index (χ1v) is 22.4. The minimum Gasteiger partial charge on any atom is -0.392 e. The van der Waals surface area contributed by atoms with Crippen LogP contribution < -0.4 is 15.4 Å². The van der Waals surface area contributed by atoms with E-state index in [2.05, 4.69) is 25.3 Å². The van der Waals surface area contributed by atoms with Gasteiger partial charge < -0.3 is 25.8 Å². The fourth-order valence-corrected chi connectivity index (χ4v) is 10.3. The summed E-state index contributed by atoms with van der Waals surface area (Å²) in [5, 5.41) is 27.7. The summed E-state index contributed by atoms with van der Waals surface area (Å²) in [5.41, 5.74) is 1.35. The summed E-state index contributed by atoms with van der Waals surface area (Å²) in [4.78, 5) is 35.2. The van der Waals surface area contributed by atoms with Gasteiger partial charge in [-0.3, -0.25) is 9.59 Å². The molecule has 2 aromatic rings. The maximum atomic E-state index is 14.2. The number of hydrogen-bond donors (Lipinski definition) is 6. The molecule has 2 amide bonds. The van der Waals surface area contributed by atoms with Crippen molar-refractivity contribution in [3.8, 4) is 0 Å². The second-order valence-corrected chi connectivity index (χ2v) is 20.9.